The fraction of sp³-hybridized carbons (Fsp3) is 0.250. The van der Waals surface area contributed by atoms with Gasteiger partial charge in [0.25, 0.3) is 0 Å². The van der Waals surface area contributed by atoms with Crippen LogP contribution >= 0.6 is 0 Å². The van der Waals surface area contributed by atoms with E-state index in [1.165, 1.54) is 13.8 Å². The number of pyridine rings is 1. The van der Waals surface area contributed by atoms with Crippen LogP contribution in [0, 0.1) is 18.3 Å². The van der Waals surface area contributed by atoms with E-state index in [1.807, 2.05) is 0 Å². The second kappa shape index (κ2) is 4.97. The molecule has 2 aromatic heterocycles. The Labute approximate surface area is 116 Å². The van der Waals surface area contributed by atoms with Gasteiger partial charge < -0.3 is 0 Å². The van der Waals surface area contributed by atoms with Gasteiger partial charge in [0.2, 0.25) is 0 Å². The Kier molecular flexibility index (Phi) is 3.47. The molecule has 9 heteroatoms. The molecule has 0 aliphatic heterocycles. The molecule has 0 aromatic carbocycles. The number of nitrogens with zero attached hydrogens (tertiary/aromatic N) is 5. The number of carbonyl (C=O) groups is 1. The second-order valence-corrected chi connectivity index (χ2v) is 4.19. The van der Waals surface area contributed by atoms with Crippen molar-refractivity contribution < 1.29 is 18.0 Å². The van der Waals surface area contributed by atoms with E-state index >= 15 is 0 Å². The molecule has 2 aromatic rings. The minimum Gasteiger partial charge on any atom is -0.293 e. The first kappa shape index (κ1) is 14.6. The van der Waals surface area contributed by atoms with E-state index in [4.69, 9.17) is 5.26 Å². The lowest BCUT2D eigenvalue weighted by molar-refractivity contribution is -0.137. The summed E-state index contributed by atoms with van der Waals surface area (Å²) in [7, 11) is 0. The smallest absolute Gasteiger partial charge is 0.293 e. The van der Waals surface area contributed by atoms with Gasteiger partial charge in [-0.25, -0.2) is 9.67 Å². The molecule has 6 nitrogen and oxygen atoms in total. The maximum absolute atomic E-state index is 12.7. The molecule has 21 heavy (non-hydrogen) atoms. The van der Waals surface area contributed by atoms with Crippen LogP contribution in [0.5, 0.6) is 0 Å². The summed E-state index contributed by atoms with van der Waals surface area (Å²) < 4.78 is 39.2. The Morgan fingerprint density at radius 3 is 2.57 bits per heavy atom. The largest absolute Gasteiger partial charge is 0.417 e. The summed E-state index contributed by atoms with van der Waals surface area (Å²) in [4.78, 5) is 14.8. The SMILES string of the molecule is CC(=O)c1nnn(-c2cc(C(F)(F)F)cnc2C#N)c1C. The van der Waals surface area contributed by atoms with Crippen molar-refractivity contribution in [2.75, 3.05) is 0 Å². The first-order valence-electron chi connectivity index (χ1n) is 5.66. The van der Waals surface area contributed by atoms with Crippen molar-refractivity contribution in [1.82, 2.24) is 20.0 Å². The molecule has 0 N–H and O–H groups in total. The summed E-state index contributed by atoms with van der Waals surface area (Å²) in [6.07, 6.45) is -4.03. The van der Waals surface area contributed by atoms with Gasteiger partial charge in [-0.2, -0.15) is 18.4 Å². The molecule has 0 radical (unpaired) electrons. The van der Waals surface area contributed by atoms with Crippen LogP contribution in [0.2, 0.25) is 0 Å². The minimum atomic E-state index is -4.60. The normalized spacial score (nSPS) is 11.2. The molecule has 0 aliphatic carbocycles. The number of Topliss-reactive ketones (excluding diaryl/α,β-unsaturated/α-hetero) is 1. The number of alkyl halides is 3. The molecule has 0 fully saturated rings. The Hall–Kier alpha value is -2.76. The number of carbonyl (C=O) groups excluding carboxylic acids is 1. The molecule has 0 unspecified atom stereocenters. The zero-order chi connectivity index (χ0) is 15.8. The minimum absolute atomic E-state index is 0.0244. The fourth-order valence-corrected chi connectivity index (χ4v) is 1.74. The van der Waals surface area contributed by atoms with E-state index in [0.29, 0.717) is 6.20 Å². The third-order valence-electron chi connectivity index (χ3n) is 2.76. The Morgan fingerprint density at radius 2 is 2.10 bits per heavy atom. The highest BCUT2D eigenvalue weighted by Crippen LogP contribution is 2.30. The van der Waals surface area contributed by atoms with Gasteiger partial charge in [-0.05, 0) is 13.0 Å². The highest BCUT2D eigenvalue weighted by molar-refractivity contribution is 5.93. The summed E-state index contributed by atoms with van der Waals surface area (Å²) in [5.74, 6) is -0.378. The maximum atomic E-state index is 12.7. The average Bonchev–Trinajstić information content (AvgIpc) is 2.78. The van der Waals surface area contributed by atoms with E-state index in [2.05, 4.69) is 15.3 Å². The lowest BCUT2D eigenvalue weighted by Crippen LogP contribution is -2.11. The molecule has 2 heterocycles. The molecule has 0 amide bonds. The van der Waals surface area contributed by atoms with Crippen molar-refractivity contribution in [2.24, 2.45) is 0 Å². The molecular formula is C12H8F3N5O. The molecule has 0 spiro atoms. The van der Waals surface area contributed by atoms with Gasteiger partial charge >= 0.3 is 6.18 Å². The maximum Gasteiger partial charge on any atom is 0.417 e. The number of hydrogen-bond donors (Lipinski definition) is 0. The quantitative estimate of drug-likeness (QED) is 0.792. The van der Waals surface area contributed by atoms with E-state index in [0.717, 1.165) is 10.7 Å². The Morgan fingerprint density at radius 1 is 1.43 bits per heavy atom. The van der Waals surface area contributed by atoms with Crippen LogP contribution < -0.4 is 0 Å². The van der Waals surface area contributed by atoms with E-state index in [-0.39, 0.29) is 28.6 Å². The number of ketones is 1. The summed E-state index contributed by atoms with van der Waals surface area (Å²) in [5.41, 5.74) is -1.18. The van der Waals surface area contributed by atoms with Crippen molar-refractivity contribution >= 4 is 5.78 Å². The van der Waals surface area contributed by atoms with Gasteiger partial charge in [-0.1, -0.05) is 5.21 Å². The van der Waals surface area contributed by atoms with Crippen LogP contribution in [0.15, 0.2) is 12.3 Å². The Bertz CT molecular complexity index is 757. The van der Waals surface area contributed by atoms with Crippen LogP contribution in [-0.2, 0) is 6.18 Å². The van der Waals surface area contributed by atoms with Crippen LogP contribution in [0.25, 0.3) is 5.69 Å². The van der Waals surface area contributed by atoms with Crippen LogP contribution in [0.1, 0.15) is 34.4 Å². The van der Waals surface area contributed by atoms with Gasteiger partial charge in [0, 0.05) is 13.1 Å². The predicted octanol–water partition coefficient (Wildman–Crippen LogP) is 2.06. The molecular weight excluding hydrogens is 287 g/mol. The number of rotatable bonds is 2. The topological polar surface area (TPSA) is 84.5 Å². The van der Waals surface area contributed by atoms with Crippen LogP contribution in [0.3, 0.4) is 0 Å². The van der Waals surface area contributed by atoms with E-state index in [9.17, 15) is 18.0 Å². The van der Waals surface area contributed by atoms with Gasteiger partial charge in [0.1, 0.15) is 11.8 Å². The van der Waals surface area contributed by atoms with Crippen molar-refractivity contribution in [3.05, 3.63) is 34.9 Å². The van der Waals surface area contributed by atoms with Gasteiger partial charge in [0.15, 0.2) is 17.2 Å². The lowest BCUT2D eigenvalue weighted by atomic mass is 10.2. The summed E-state index contributed by atoms with van der Waals surface area (Å²) in [6.45, 7) is 2.73. The second-order valence-electron chi connectivity index (χ2n) is 4.19. The van der Waals surface area contributed by atoms with Crippen LogP contribution in [-0.4, -0.2) is 25.8 Å². The predicted molar refractivity (Wildman–Crippen MR) is 63.6 cm³/mol. The zero-order valence-corrected chi connectivity index (χ0v) is 10.9. The number of halogens is 3. The standard InChI is InChI=1S/C12H8F3N5O/c1-6-11(7(2)21)18-19-20(6)10-3-8(12(13,14)15)5-17-9(10)4-16/h3,5H,1-2H3. The van der Waals surface area contributed by atoms with Gasteiger partial charge in [0.05, 0.1) is 11.3 Å². The number of hydrogen-bond acceptors (Lipinski definition) is 5. The zero-order valence-electron chi connectivity index (χ0n) is 10.9. The van der Waals surface area contributed by atoms with Crippen molar-refractivity contribution in [3.63, 3.8) is 0 Å². The first-order valence-corrected chi connectivity index (χ1v) is 5.66. The van der Waals surface area contributed by atoms with Crippen molar-refractivity contribution in [1.29, 1.82) is 5.26 Å². The molecule has 0 bridgehead atoms. The summed E-state index contributed by atoms with van der Waals surface area (Å²) in [6, 6.07) is 2.43. The molecule has 0 atom stereocenters. The van der Waals surface area contributed by atoms with Crippen molar-refractivity contribution in [2.45, 2.75) is 20.0 Å². The number of nitriles is 1. The summed E-state index contributed by atoms with van der Waals surface area (Å²) in [5, 5.41) is 16.2. The highest BCUT2D eigenvalue weighted by Gasteiger charge is 2.32. The van der Waals surface area contributed by atoms with E-state index in [1.54, 1.807) is 6.07 Å². The highest BCUT2D eigenvalue weighted by atomic mass is 19.4. The van der Waals surface area contributed by atoms with E-state index < -0.39 is 11.7 Å². The van der Waals surface area contributed by atoms with Crippen molar-refractivity contribution in [3.8, 4) is 11.8 Å². The molecule has 0 saturated heterocycles. The third kappa shape index (κ3) is 2.60. The number of aromatic nitrogens is 4. The molecule has 108 valence electrons. The van der Waals surface area contributed by atoms with Gasteiger partial charge in [-0.15, -0.1) is 5.10 Å². The molecule has 0 aliphatic rings. The summed E-state index contributed by atoms with van der Waals surface area (Å²) >= 11 is 0. The fourth-order valence-electron chi connectivity index (χ4n) is 1.74. The lowest BCUT2D eigenvalue weighted by Gasteiger charge is -2.10. The Balaban J connectivity index is 2.68. The molecule has 2 rings (SSSR count). The monoisotopic (exact) mass is 295 g/mol. The van der Waals surface area contributed by atoms with Crippen LogP contribution in [0.4, 0.5) is 13.2 Å². The average molecular weight is 295 g/mol. The van der Waals surface area contributed by atoms with Gasteiger partial charge in [-0.3, -0.25) is 4.79 Å². The molecule has 0 saturated carbocycles. The first-order chi connectivity index (χ1) is 9.75. The third-order valence-corrected chi connectivity index (χ3v) is 2.76.